The Morgan fingerprint density at radius 3 is 2.88 bits per heavy atom. The van der Waals surface area contributed by atoms with Gasteiger partial charge in [0.2, 0.25) is 0 Å². The molecule has 17 heavy (non-hydrogen) atoms. The molecule has 1 aliphatic heterocycles. The van der Waals surface area contributed by atoms with Crippen LogP contribution in [0.3, 0.4) is 0 Å². The van der Waals surface area contributed by atoms with Gasteiger partial charge in [-0.25, -0.2) is 4.68 Å². The lowest BCUT2D eigenvalue weighted by atomic mass is 10.2. The minimum Gasteiger partial charge on any atom is -0.340 e. The molecule has 3 rings (SSSR count). The molecule has 1 aliphatic rings. The van der Waals surface area contributed by atoms with Crippen LogP contribution in [0.4, 0.5) is 5.69 Å². The minimum absolute atomic E-state index is 0.958. The second kappa shape index (κ2) is 3.94. The molecule has 0 fully saturated rings. The molecule has 1 aromatic carbocycles. The minimum atomic E-state index is 0.958. The number of nitrogens with one attached hydrogen (secondary N) is 1. The van der Waals surface area contributed by atoms with Crippen molar-refractivity contribution in [1.29, 1.82) is 0 Å². The molecule has 0 bridgehead atoms. The number of aryl methyl sites for hydroxylation is 1. The molecule has 0 aliphatic carbocycles. The molecule has 0 unspecified atom stereocenters. The van der Waals surface area contributed by atoms with Gasteiger partial charge in [-0.2, -0.15) is 5.10 Å². The van der Waals surface area contributed by atoms with E-state index >= 15 is 0 Å². The second-order valence-electron chi connectivity index (χ2n) is 4.02. The smallest absolute Gasteiger partial charge is 0.131 e. The first kappa shape index (κ1) is 9.90. The van der Waals surface area contributed by atoms with Crippen molar-refractivity contribution >= 4 is 17.6 Å². The standard InChI is InChI=1S/C14H13N3/c1-11-9-10-17(16-11)14-8-4-6-12-5-2-3-7-13(12)15-14/h2-10,15H,1H3. The summed E-state index contributed by atoms with van der Waals surface area (Å²) < 4.78 is 1.85. The SMILES string of the molecule is Cc1ccn(C2=CC=Cc3ccccc3N2)n1. The number of para-hydroxylation sites is 1. The van der Waals surface area contributed by atoms with Crippen LogP contribution in [-0.2, 0) is 0 Å². The fourth-order valence-electron chi connectivity index (χ4n) is 1.86. The van der Waals surface area contributed by atoms with Gasteiger partial charge in [0.25, 0.3) is 0 Å². The number of fused-ring (bicyclic) bond motifs is 1. The summed E-state index contributed by atoms with van der Waals surface area (Å²) in [5.74, 6) is 0.958. The maximum absolute atomic E-state index is 4.40. The number of allylic oxidation sites excluding steroid dienone is 2. The van der Waals surface area contributed by atoms with Gasteiger partial charge in [-0.3, -0.25) is 0 Å². The number of aromatic nitrogens is 2. The average Bonchev–Trinajstić information content (AvgIpc) is 2.65. The molecule has 2 heterocycles. The monoisotopic (exact) mass is 223 g/mol. The Hall–Kier alpha value is -2.29. The quantitative estimate of drug-likeness (QED) is 0.805. The van der Waals surface area contributed by atoms with E-state index in [1.165, 1.54) is 5.56 Å². The van der Waals surface area contributed by atoms with Crippen LogP contribution in [0.5, 0.6) is 0 Å². The molecule has 2 aromatic rings. The zero-order chi connectivity index (χ0) is 11.7. The number of rotatable bonds is 1. The van der Waals surface area contributed by atoms with Crippen molar-refractivity contribution in [3.8, 4) is 0 Å². The van der Waals surface area contributed by atoms with Crippen LogP contribution in [0.15, 0.2) is 48.7 Å². The lowest BCUT2D eigenvalue weighted by molar-refractivity contribution is 0.879. The highest BCUT2D eigenvalue weighted by Crippen LogP contribution is 2.22. The third-order valence-corrected chi connectivity index (χ3v) is 2.72. The average molecular weight is 223 g/mol. The molecular formula is C14H13N3. The normalized spacial score (nSPS) is 13.6. The first-order chi connectivity index (χ1) is 8.33. The van der Waals surface area contributed by atoms with E-state index in [-0.39, 0.29) is 0 Å². The van der Waals surface area contributed by atoms with Crippen LogP contribution < -0.4 is 5.32 Å². The number of hydrogen-bond acceptors (Lipinski definition) is 2. The number of nitrogens with zero attached hydrogens (tertiary/aromatic N) is 2. The molecule has 0 atom stereocenters. The van der Waals surface area contributed by atoms with Gasteiger partial charge in [0, 0.05) is 11.9 Å². The molecule has 0 saturated heterocycles. The fourth-order valence-corrected chi connectivity index (χ4v) is 1.86. The summed E-state index contributed by atoms with van der Waals surface area (Å²) in [5, 5.41) is 7.79. The highest BCUT2D eigenvalue weighted by atomic mass is 15.3. The largest absolute Gasteiger partial charge is 0.340 e. The van der Waals surface area contributed by atoms with Gasteiger partial charge in [-0.05, 0) is 30.7 Å². The zero-order valence-corrected chi connectivity index (χ0v) is 9.59. The summed E-state index contributed by atoms with van der Waals surface area (Å²) in [7, 11) is 0. The summed E-state index contributed by atoms with van der Waals surface area (Å²) in [6, 6.07) is 10.2. The summed E-state index contributed by atoms with van der Waals surface area (Å²) in [4.78, 5) is 0. The van der Waals surface area contributed by atoms with Crippen molar-refractivity contribution in [3.05, 3.63) is 59.9 Å². The Bertz CT molecular complexity index is 605. The Labute approximate surface area is 100 Å². The molecule has 1 N–H and O–H groups in total. The lowest BCUT2D eigenvalue weighted by Gasteiger charge is -2.11. The van der Waals surface area contributed by atoms with Crippen molar-refractivity contribution in [2.75, 3.05) is 5.32 Å². The molecule has 3 nitrogen and oxygen atoms in total. The summed E-state index contributed by atoms with van der Waals surface area (Å²) in [6.45, 7) is 1.98. The van der Waals surface area contributed by atoms with E-state index in [1.54, 1.807) is 0 Å². The molecule has 84 valence electrons. The number of benzene rings is 1. The maximum atomic E-state index is 4.40. The van der Waals surface area contributed by atoms with Gasteiger partial charge in [0.15, 0.2) is 0 Å². The van der Waals surface area contributed by atoms with E-state index in [4.69, 9.17) is 0 Å². The summed E-state index contributed by atoms with van der Waals surface area (Å²) in [5.41, 5.74) is 3.29. The van der Waals surface area contributed by atoms with Crippen LogP contribution in [0.2, 0.25) is 0 Å². The second-order valence-corrected chi connectivity index (χ2v) is 4.02. The van der Waals surface area contributed by atoms with Crippen LogP contribution in [0.1, 0.15) is 11.3 Å². The predicted octanol–water partition coefficient (Wildman–Crippen LogP) is 3.13. The maximum Gasteiger partial charge on any atom is 0.131 e. The molecule has 3 heteroatoms. The van der Waals surface area contributed by atoms with Crippen LogP contribution in [0.25, 0.3) is 11.9 Å². The van der Waals surface area contributed by atoms with Crippen molar-refractivity contribution in [2.45, 2.75) is 6.92 Å². The first-order valence-corrected chi connectivity index (χ1v) is 5.60. The van der Waals surface area contributed by atoms with Gasteiger partial charge >= 0.3 is 0 Å². The van der Waals surface area contributed by atoms with Crippen LogP contribution >= 0.6 is 0 Å². The fraction of sp³-hybridized carbons (Fsp3) is 0.0714. The van der Waals surface area contributed by atoms with Gasteiger partial charge < -0.3 is 5.32 Å². The lowest BCUT2D eigenvalue weighted by Crippen LogP contribution is -2.07. The molecular weight excluding hydrogens is 210 g/mol. The van der Waals surface area contributed by atoms with Gasteiger partial charge in [-0.1, -0.05) is 30.4 Å². The van der Waals surface area contributed by atoms with E-state index in [0.29, 0.717) is 0 Å². The van der Waals surface area contributed by atoms with Crippen LogP contribution in [-0.4, -0.2) is 9.78 Å². The van der Waals surface area contributed by atoms with E-state index in [1.807, 2.05) is 48.2 Å². The van der Waals surface area contributed by atoms with E-state index in [9.17, 15) is 0 Å². The molecule has 0 radical (unpaired) electrons. The van der Waals surface area contributed by atoms with Crippen molar-refractivity contribution < 1.29 is 0 Å². The number of hydrogen-bond donors (Lipinski definition) is 1. The van der Waals surface area contributed by atoms with E-state index < -0.39 is 0 Å². The Kier molecular flexibility index (Phi) is 2.29. The van der Waals surface area contributed by atoms with E-state index in [0.717, 1.165) is 17.2 Å². The topological polar surface area (TPSA) is 29.9 Å². The van der Waals surface area contributed by atoms with Gasteiger partial charge in [-0.15, -0.1) is 0 Å². The Morgan fingerprint density at radius 1 is 1.18 bits per heavy atom. The molecule has 0 amide bonds. The van der Waals surface area contributed by atoms with Gasteiger partial charge in [0.1, 0.15) is 5.82 Å². The summed E-state index contributed by atoms with van der Waals surface area (Å²) >= 11 is 0. The van der Waals surface area contributed by atoms with Gasteiger partial charge in [0.05, 0.1) is 5.69 Å². The predicted molar refractivity (Wildman–Crippen MR) is 70.3 cm³/mol. The molecule has 0 spiro atoms. The Balaban J connectivity index is 2.01. The van der Waals surface area contributed by atoms with E-state index in [2.05, 4.69) is 28.6 Å². The third-order valence-electron chi connectivity index (χ3n) is 2.72. The molecule has 0 saturated carbocycles. The first-order valence-electron chi connectivity index (χ1n) is 5.60. The van der Waals surface area contributed by atoms with Crippen molar-refractivity contribution in [2.24, 2.45) is 0 Å². The van der Waals surface area contributed by atoms with Crippen molar-refractivity contribution in [1.82, 2.24) is 9.78 Å². The Morgan fingerprint density at radius 2 is 2.06 bits per heavy atom. The summed E-state index contributed by atoms with van der Waals surface area (Å²) in [6.07, 6.45) is 8.10. The third kappa shape index (κ3) is 1.87. The zero-order valence-electron chi connectivity index (χ0n) is 9.59. The van der Waals surface area contributed by atoms with Crippen molar-refractivity contribution in [3.63, 3.8) is 0 Å². The highest BCUT2D eigenvalue weighted by molar-refractivity contribution is 5.78. The number of anilines is 1. The van der Waals surface area contributed by atoms with Crippen LogP contribution in [0, 0.1) is 6.92 Å². The highest BCUT2D eigenvalue weighted by Gasteiger charge is 2.06. The molecule has 1 aromatic heterocycles.